The zero-order valence-corrected chi connectivity index (χ0v) is 20.6. The summed E-state index contributed by atoms with van der Waals surface area (Å²) in [7, 11) is 0. The number of rotatable bonds is 6. The van der Waals surface area contributed by atoms with Gasteiger partial charge in [0.05, 0.1) is 42.2 Å². The number of anilines is 2. The second-order valence-corrected chi connectivity index (χ2v) is 10.8. The Morgan fingerprint density at radius 2 is 1.85 bits per heavy atom. The third-order valence-corrected chi connectivity index (χ3v) is 7.13. The first-order valence-electron chi connectivity index (χ1n) is 11.5. The number of thiazole rings is 1. The molecule has 4 aromatic rings. The number of nitrogens with one attached hydrogen (secondary N) is 2. The van der Waals surface area contributed by atoms with E-state index in [1.807, 2.05) is 19.3 Å². The predicted molar refractivity (Wildman–Crippen MR) is 132 cm³/mol. The third-order valence-electron chi connectivity index (χ3n) is 6.03. The summed E-state index contributed by atoms with van der Waals surface area (Å²) in [5.41, 5.74) is 2.83. The van der Waals surface area contributed by atoms with Crippen LogP contribution in [0.3, 0.4) is 0 Å². The van der Waals surface area contributed by atoms with Gasteiger partial charge in [0.2, 0.25) is 0 Å². The summed E-state index contributed by atoms with van der Waals surface area (Å²) >= 11 is 1.48. The number of carbonyl (C=O) groups excluding carboxylic acids is 1. The Hall–Kier alpha value is -3.40. The molecule has 2 N–H and O–H groups in total. The molecular weight excluding hydrogens is 448 g/mol. The number of fused-ring (bicyclic) bond motifs is 1. The van der Waals surface area contributed by atoms with Gasteiger partial charge in [-0.15, -0.1) is 0 Å². The molecule has 176 valence electrons. The monoisotopic (exact) mass is 476 g/mol. The van der Waals surface area contributed by atoms with Gasteiger partial charge in [-0.05, 0) is 32.3 Å². The number of hydrogen-bond donors (Lipinski definition) is 2. The van der Waals surface area contributed by atoms with Crippen LogP contribution in [0.25, 0.3) is 11.0 Å². The van der Waals surface area contributed by atoms with Crippen molar-refractivity contribution in [2.24, 2.45) is 0 Å². The fourth-order valence-electron chi connectivity index (χ4n) is 3.80. The van der Waals surface area contributed by atoms with Crippen molar-refractivity contribution in [3.05, 3.63) is 53.6 Å². The van der Waals surface area contributed by atoms with Gasteiger partial charge in [-0.2, -0.15) is 0 Å². The van der Waals surface area contributed by atoms with E-state index in [0.717, 1.165) is 40.3 Å². The van der Waals surface area contributed by atoms with E-state index in [-0.39, 0.29) is 17.4 Å². The van der Waals surface area contributed by atoms with Crippen molar-refractivity contribution in [1.82, 2.24) is 34.8 Å². The largest absolute Gasteiger partial charge is 0.343 e. The summed E-state index contributed by atoms with van der Waals surface area (Å²) in [6, 6.07) is 2.10. The van der Waals surface area contributed by atoms with Crippen molar-refractivity contribution in [2.75, 3.05) is 5.32 Å². The second-order valence-electron chi connectivity index (χ2n) is 9.73. The highest BCUT2D eigenvalue weighted by molar-refractivity contribution is 7.15. The molecular formula is C24H28N8OS. The first kappa shape index (κ1) is 22.4. The van der Waals surface area contributed by atoms with Crippen LogP contribution < -0.4 is 10.6 Å². The van der Waals surface area contributed by atoms with Crippen LogP contribution in [0.4, 0.5) is 10.8 Å². The number of amides is 1. The van der Waals surface area contributed by atoms with Gasteiger partial charge in [0.25, 0.3) is 5.91 Å². The van der Waals surface area contributed by atoms with Gasteiger partial charge < -0.3 is 15.2 Å². The standard InChI is InChI=1S/C24H28N8OS/c1-14(20-12-28-23(34-20)31-15-9-26-22(27-10-15)24(2,3)4)30-21(33)17-8-19-18(11-25-17)29-13-32(19)16-6-5-7-16/h8-14,16H,5-7H2,1-4H3,(H,28,31)(H,30,33). The van der Waals surface area contributed by atoms with E-state index >= 15 is 0 Å². The van der Waals surface area contributed by atoms with E-state index in [1.54, 1.807) is 24.8 Å². The van der Waals surface area contributed by atoms with Crippen molar-refractivity contribution in [2.45, 2.75) is 64.5 Å². The summed E-state index contributed by atoms with van der Waals surface area (Å²) in [4.78, 5) is 35.9. The minimum absolute atomic E-state index is 0.100. The normalized spacial score (nSPS) is 15.2. The zero-order valence-electron chi connectivity index (χ0n) is 19.7. The molecule has 0 bridgehead atoms. The SMILES string of the molecule is CC(NC(=O)c1cc2c(cn1)ncn2C1CCC1)c1cnc(Nc2cnc(C(C)(C)C)nc2)s1. The lowest BCUT2D eigenvalue weighted by atomic mass is 9.93. The Morgan fingerprint density at radius 1 is 1.09 bits per heavy atom. The smallest absolute Gasteiger partial charge is 0.270 e. The van der Waals surface area contributed by atoms with Crippen LogP contribution in [0.15, 0.2) is 37.2 Å². The Balaban J connectivity index is 1.25. The molecule has 4 heterocycles. The fourth-order valence-corrected chi connectivity index (χ4v) is 4.64. The molecule has 1 amide bonds. The maximum absolute atomic E-state index is 12.9. The number of aromatic nitrogens is 6. The van der Waals surface area contributed by atoms with Crippen molar-refractivity contribution in [1.29, 1.82) is 0 Å². The maximum Gasteiger partial charge on any atom is 0.270 e. The Kier molecular flexibility index (Phi) is 5.76. The van der Waals surface area contributed by atoms with Crippen LogP contribution in [0.5, 0.6) is 0 Å². The summed E-state index contributed by atoms with van der Waals surface area (Å²) in [5.74, 6) is 0.571. The van der Waals surface area contributed by atoms with Crippen LogP contribution in [0, 0.1) is 0 Å². The highest BCUT2D eigenvalue weighted by Crippen LogP contribution is 2.34. The van der Waals surface area contributed by atoms with Gasteiger partial charge >= 0.3 is 0 Å². The van der Waals surface area contributed by atoms with Gasteiger partial charge in [-0.3, -0.25) is 4.79 Å². The Labute approximate surface area is 202 Å². The predicted octanol–water partition coefficient (Wildman–Crippen LogP) is 4.93. The van der Waals surface area contributed by atoms with Crippen LogP contribution in [0.1, 0.15) is 80.2 Å². The molecule has 9 nitrogen and oxygen atoms in total. The lowest BCUT2D eigenvalue weighted by Crippen LogP contribution is -2.27. The average Bonchev–Trinajstić information content (AvgIpc) is 3.39. The molecule has 0 saturated heterocycles. The Bertz CT molecular complexity index is 1320. The molecule has 1 aliphatic rings. The number of nitrogens with zero attached hydrogens (tertiary/aromatic N) is 6. The number of pyridine rings is 1. The second kappa shape index (κ2) is 8.75. The number of carbonyl (C=O) groups is 1. The molecule has 0 radical (unpaired) electrons. The summed E-state index contributed by atoms with van der Waals surface area (Å²) in [6.45, 7) is 8.17. The topological polar surface area (TPSA) is 111 Å². The van der Waals surface area contributed by atoms with Crippen LogP contribution in [-0.4, -0.2) is 35.4 Å². The average molecular weight is 477 g/mol. The van der Waals surface area contributed by atoms with E-state index in [2.05, 4.69) is 60.9 Å². The highest BCUT2D eigenvalue weighted by Gasteiger charge is 2.22. The van der Waals surface area contributed by atoms with Crippen molar-refractivity contribution >= 4 is 39.1 Å². The van der Waals surface area contributed by atoms with Crippen molar-refractivity contribution in [3.63, 3.8) is 0 Å². The third kappa shape index (κ3) is 4.50. The zero-order chi connectivity index (χ0) is 23.9. The van der Waals surface area contributed by atoms with Crippen LogP contribution in [-0.2, 0) is 5.41 Å². The molecule has 5 rings (SSSR count). The molecule has 0 spiro atoms. The van der Waals surface area contributed by atoms with E-state index < -0.39 is 0 Å². The summed E-state index contributed by atoms with van der Waals surface area (Å²) < 4.78 is 2.17. The van der Waals surface area contributed by atoms with Gasteiger partial charge in [-0.1, -0.05) is 32.1 Å². The minimum atomic E-state index is -0.218. The van der Waals surface area contributed by atoms with E-state index in [1.165, 1.54) is 17.8 Å². The quantitative estimate of drug-likeness (QED) is 0.406. The molecule has 1 aliphatic carbocycles. The van der Waals surface area contributed by atoms with E-state index in [0.29, 0.717) is 16.9 Å². The van der Waals surface area contributed by atoms with Crippen molar-refractivity contribution in [3.8, 4) is 0 Å². The molecule has 1 unspecified atom stereocenters. The van der Waals surface area contributed by atoms with E-state index in [9.17, 15) is 4.79 Å². The van der Waals surface area contributed by atoms with Crippen LogP contribution in [0.2, 0.25) is 0 Å². The molecule has 10 heteroatoms. The van der Waals surface area contributed by atoms with Gasteiger partial charge in [0.15, 0.2) is 5.13 Å². The molecule has 1 saturated carbocycles. The summed E-state index contributed by atoms with van der Waals surface area (Å²) in [5, 5.41) is 6.98. The first-order chi connectivity index (χ1) is 16.3. The number of hydrogen-bond acceptors (Lipinski definition) is 8. The molecule has 4 aromatic heterocycles. The van der Waals surface area contributed by atoms with E-state index in [4.69, 9.17) is 0 Å². The van der Waals surface area contributed by atoms with Gasteiger partial charge in [0, 0.05) is 22.5 Å². The molecule has 1 atom stereocenters. The van der Waals surface area contributed by atoms with Gasteiger partial charge in [-0.25, -0.2) is 24.9 Å². The fraction of sp³-hybridized carbons (Fsp3) is 0.417. The molecule has 1 fully saturated rings. The lowest BCUT2D eigenvalue weighted by Gasteiger charge is -2.27. The maximum atomic E-state index is 12.9. The first-order valence-corrected chi connectivity index (χ1v) is 12.3. The minimum Gasteiger partial charge on any atom is -0.343 e. The highest BCUT2D eigenvalue weighted by atomic mass is 32.1. The molecule has 34 heavy (non-hydrogen) atoms. The lowest BCUT2D eigenvalue weighted by molar-refractivity contribution is 0.0935. The Morgan fingerprint density at radius 3 is 2.53 bits per heavy atom. The molecule has 0 aliphatic heterocycles. The summed E-state index contributed by atoms with van der Waals surface area (Å²) in [6.07, 6.45) is 12.4. The van der Waals surface area contributed by atoms with Crippen molar-refractivity contribution < 1.29 is 4.79 Å². The van der Waals surface area contributed by atoms with Crippen LogP contribution >= 0.6 is 11.3 Å². The van der Waals surface area contributed by atoms with Gasteiger partial charge in [0.1, 0.15) is 17.0 Å². The molecule has 0 aromatic carbocycles. The number of imidazole rings is 1.